The van der Waals surface area contributed by atoms with E-state index in [1.165, 1.54) is 6.39 Å². The average molecular weight is 343 g/mol. The summed E-state index contributed by atoms with van der Waals surface area (Å²) in [5, 5.41) is 0. The second-order valence-corrected chi connectivity index (χ2v) is 6.84. The van der Waals surface area contributed by atoms with Crippen LogP contribution in [0.3, 0.4) is 0 Å². The number of anilines is 1. The van der Waals surface area contributed by atoms with Gasteiger partial charge in [0, 0.05) is 26.1 Å². The molecule has 0 bridgehead atoms. The number of oxazole rings is 1. The number of amides is 1. The summed E-state index contributed by atoms with van der Waals surface area (Å²) in [6.07, 6.45) is 2.01. The summed E-state index contributed by atoms with van der Waals surface area (Å²) in [6.45, 7) is 8.22. The van der Waals surface area contributed by atoms with E-state index in [-0.39, 0.29) is 11.4 Å². The highest BCUT2D eigenvalue weighted by Gasteiger charge is 2.38. The number of hydrogen-bond acceptors (Lipinski definition) is 5. The number of methoxy groups -OCH3 is 1. The third kappa shape index (κ3) is 3.21. The van der Waals surface area contributed by atoms with Crippen LogP contribution in [0.4, 0.5) is 5.69 Å². The fourth-order valence-electron chi connectivity index (χ4n) is 3.47. The predicted molar refractivity (Wildman–Crippen MR) is 96.2 cm³/mol. The summed E-state index contributed by atoms with van der Waals surface area (Å²) in [6, 6.07) is 8.00. The normalized spacial score (nSPS) is 16.8. The Morgan fingerprint density at radius 2 is 2.08 bits per heavy atom. The number of aryl methyl sites for hydroxylation is 1. The summed E-state index contributed by atoms with van der Waals surface area (Å²) < 4.78 is 10.8. The van der Waals surface area contributed by atoms with Gasteiger partial charge in [-0.25, -0.2) is 4.98 Å². The third-order valence-electron chi connectivity index (χ3n) is 4.73. The maximum absolute atomic E-state index is 12.9. The number of rotatable bonds is 4. The van der Waals surface area contributed by atoms with Crippen LogP contribution in [-0.4, -0.2) is 48.1 Å². The first-order valence-corrected chi connectivity index (χ1v) is 8.60. The highest BCUT2D eigenvalue weighted by molar-refractivity contribution is 5.93. The highest BCUT2D eigenvalue weighted by Crippen LogP contribution is 2.35. The number of ether oxygens (including phenoxy) is 1. The van der Waals surface area contributed by atoms with Gasteiger partial charge in [0.05, 0.1) is 18.3 Å². The molecule has 0 spiro atoms. The van der Waals surface area contributed by atoms with E-state index >= 15 is 0 Å². The Morgan fingerprint density at radius 3 is 2.76 bits per heavy atom. The van der Waals surface area contributed by atoms with Gasteiger partial charge in [-0.3, -0.25) is 4.79 Å². The molecule has 0 atom stereocenters. The Bertz CT molecular complexity index is 754. The van der Waals surface area contributed by atoms with Crippen LogP contribution in [0.25, 0.3) is 0 Å². The summed E-state index contributed by atoms with van der Waals surface area (Å²) in [7, 11) is 1.68. The molecule has 1 fully saturated rings. The van der Waals surface area contributed by atoms with Crippen molar-refractivity contribution in [2.45, 2.75) is 32.7 Å². The van der Waals surface area contributed by atoms with Crippen LogP contribution in [-0.2, 0) is 6.42 Å². The Balaban J connectivity index is 1.82. The number of hydrogen-bond donors (Lipinski definition) is 0. The Kier molecular flexibility index (Phi) is 4.70. The molecular weight excluding hydrogens is 318 g/mol. The standard InChI is InChI=1S/C19H25N3O3/c1-5-15-17(20-13-25-15)18(23)21-10-11-22(19(2,3)12-21)14-8-6-7-9-16(14)24-4/h6-9,13H,5,10-12H2,1-4H3. The van der Waals surface area contributed by atoms with Gasteiger partial charge < -0.3 is 19.0 Å². The molecule has 6 nitrogen and oxygen atoms in total. The van der Waals surface area contributed by atoms with Gasteiger partial charge in [0.1, 0.15) is 11.5 Å². The predicted octanol–water partition coefficient (Wildman–Crippen LogP) is 2.99. The molecule has 1 aliphatic heterocycles. The fourth-order valence-corrected chi connectivity index (χ4v) is 3.47. The number of para-hydroxylation sites is 2. The van der Waals surface area contributed by atoms with Gasteiger partial charge in [0.2, 0.25) is 0 Å². The third-order valence-corrected chi connectivity index (χ3v) is 4.73. The summed E-state index contributed by atoms with van der Waals surface area (Å²) in [5.74, 6) is 1.44. The lowest BCUT2D eigenvalue weighted by atomic mass is 9.97. The van der Waals surface area contributed by atoms with Gasteiger partial charge in [-0.1, -0.05) is 19.1 Å². The Labute approximate surface area is 148 Å². The molecule has 0 N–H and O–H groups in total. The van der Waals surface area contributed by atoms with Gasteiger partial charge in [0.25, 0.3) is 5.91 Å². The Morgan fingerprint density at radius 1 is 1.32 bits per heavy atom. The minimum atomic E-state index is -0.224. The van der Waals surface area contributed by atoms with Crippen molar-refractivity contribution in [1.82, 2.24) is 9.88 Å². The van der Waals surface area contributed by atoms with E-state index in [9.17, 15) is 4.79 Å². The first kappa shape index (κ1) is 17.3. The molecule has 2 heterocycles. The molecule has 0 unspecified atom stereocenters. The second kappa shape index (κ2) is 6.78. The van der Waals surface area contributed by atoms with Crippen molar-refractivity contribution in [1.29, 1.82) is 0 Å². The van der Waals surface area contributed by atoms with Crippen molar-refractivity contribution >= 4 is 11.6 Å². The summed E-state index contributed by atoms with van der Waals surface area (Å²) in [5.41, 5.74) is 1.26. The molecule has 0 aliphatic carbocycles. The molecule has 0 saturated carbocycles. The maximum Gasteiger partial charge on any atom is 0.276 e. The van der Waals surface area contributed by atoms with Crippen molar-refractivity contribution in [3.63, 3.8) is 0 Å². The first-order chi connectivity index (χ1) is 12.0. The monoisotopic (exact) mass is 343 g/mol. The van der Waals surface area contributed by atoms with Crippen LogP contribution in [0, 0.1) is 0 Å². The van der Waals surface area contributed by atoms with E-state index in [0.717, 1.165) is 18.0 Å². The van der Waals surface area contributed by atoms with Crippen LogP contribution < -0.4 is 9.64 Å². The number of carbonyl (C=O) groups is 1. The smallest absolute Gasteiger partial charge is 0.276 e. The van der Waals surface area contributed by atoms with Crippen LogP contribution in [0.5, 0.6) is 5.75 Å². The maximum atomic E-state index is 12.9. The molecule has 6 heteroatoms. The zero-order valence-corrected chi connectivity index (χ0v) is 15.3. The lowest BCUT2D eigenvalue weighted by Crippen LogP contribution is -2.60. The largest absolute Gasteiger partial charge is 0.495 e. The lowest BCUT2D eigenvalue weighted by molar-refractivity contribution is 0.0678. The molecule has 1 aliphatic rings. The summed E-state index contributed by atoms with van der Waals surface area (Å²) in [4.78, 5) is 21.1. The van der Waals surface area contributed by atoms with Gasteiger partial charge in [-0.2, -0.15) is 0 Å². The SMILES string of the molecule is CCc1ocnc1C(=O)N1CCN(c2ccccc2OC)C(C)(C)C1. The van der Waals surface area contributed by atoms with Gasteiger partial charge in [-0.05, 0) is 26.0 Å². The highest BCUT2D eigenvalue weighted by atomic mass is 16.5. The first-order valence-electron chi connectivity index (χ1n) is 8.60. The van der Waals surface area contributed by atoms with Gasteiger partial charge in [0.15, 0.2) is 12.1 Å². The number of carbonyl (C=O) groups excluding carboxylic acids is 1. The molecule has 134 valence electrons. The number of piperazine rings is 1. The van der Waals surface area contributed by atoms with Crippen molar-refractivity contribution < 1.29 is 13.9 Å². The van der Waals surface area contributed by atoms with Crippen LogP contribution >= 0.6 is 0 Å². The van der Waals surface area contributed by atoms with E-state index in [1.54, 1.807) is 7.11 Å². The second-order valence-electron chi connectivity index (χ2n) is 6.84. The molecule has 1 saturated heterocycles. The van der Waals surface area contributed by atoms with Crippen LogP contribution in [0.2, 0.25) is 0 Å². The molecule has 3 rings (SSSR count). The van der Waals surface area contributed by atoms with E-state index in [4.69, 9.17) is 9.15 Å². The molecule has 25 heavy (non-hydrogen) atoms. The summed E-state index contributed by atoms with van der Waals surface area (Å²) >= 11 is 0. The zero-order chi connectivity index (χ0) is 18.0. The quantitative estimate of drug-likeness (QED) is 0.854. The lowest BCUT2D eigenvalue weighted by Gasteiger charge is -2.48. The minimum Gasteiger partial charge on any atom is -0.495 e. The van der Waals surface area contributed by atoms with Gasteiger partial charge in [-0.15, -0.1) is 0 Å². The molecule has 2 aromatic rings. The van der Waals surface area contributed by atoms with Crippen molar-refractivity contribution in [3.05, 3.63) is 42.1 Å². The van der Waals surface area contributed by atoms with Gasteiger partial charge >= 0.3 is 0 Å². The average Bonchev–Trinajstić information content (AvgIpc) is 3.09. The van der Waals surface area contributed by atoms with Crippen LogP contribution in [0.1, 0.15) is 37.0 Å². The number of benzene rings is 1. The van der Waals surface area contributed by atoms with Crippen molar-refractivity contribution in [2.75, 3.05) is 31.6 Å². The molecule has 1 amide bonds. The van der Waals surface area contributed by atoms with E-state index in [2.05, 4.69) is 29.8 Å². The van der Waals surface area contributed by atoms with Crippen molar-refractivity contribution in [3.8, 4) is 5.75 Å². The van der Waals surface area contributed by atoms with E-state index in [0.29, 0.717) is 31.0 Å². The van der Waals surface area contributed by atoms with E-state index in [1.807, 2.05) is 30.0 Å². The van der Waals surface area contributed by atoms with Crippen molar-refractivity contribution in [2.24, 2.45) is 0 Å². The minimum absolute atomic E-state index is 0.0571. The number of nitrogens with zero attached hydrogens (tertiary/aromatic N) is 3. The van der Waals surface area contributed by atoms with E-state index < -0.39 is 0 Å². The van der Waals surface area contributed by atoms with Crippen LogP contribution in [0.15, 0.2) is 35.1 Å². The topological polar surface area (TPSA) is 58.8 Å². The molecule has 1 aromatic heterocycles. The molecular formula is C19H25N3O3. The molecule has 1 aromatic carbocycles. The fraction of sp³-hybridized carbons (Fsp3) is 0.474. The zero-order valence-electron chi connectivity index (χ0n) is 15.3. The Hall–Kier alpha value is -2.50. The molecule has 0 radical (unpaired) electrons. The number of aromatic nitrogens is 1.